The van der Waals surface area contributed by atoms with Gasteiger partial charge in [-0.15, -0.1) is 0 Å². The topological polar surface area (TPSA) is 23.6 Å². The fourth-order valence-electron chi connectivity index (χ4n) is 3.53. The van der Waals surface area contributed by atoms with Crippen LogP contribution in [0.15, 0.2) is 42.5 Å². The summed E-state index contributed by atoms with van der Waals surface area (Å²) in [5.74, 6) is 0. The largest absolute Gasteiger partial charge is 0.416 e. The van der Waals surface area contributed by atoms with Gasteiger partial charge >= 0.3 is 12.2 Å². The minimum Gasteiger partial charge on any atom is -0.320 e. The van der Waals surface area contributed by atoms with Gasteiger partial charge in [-0.05, 0) is 46.9 Å². The Balaban J connectivity index is 1.53. The minimum absolute atomic E-state index is 0.147. The van der Waals surface area contributed by atoms with Gasteiger partial charge in [0, 0.05) is 13.1 Å². The van der Waals surface area contributed by atoms with Crippen molar-refractivity contribution >= 4 is 6.03 Å². The molecule has 2 amide bonds. The molecule has 0 saturated carbocycles. The molecule has 2 aromatic rings. The van der Waals surface area contributed by atoms with E-state index in [0.717, 1.165) is 28.8 Å². The molecule has 0 unspecified atom stereocenters. The maximum absolute atomic E-state index is 13.0. The Hall–Kier alpha value is -2.57. The van der Waals surface area contributed by atoms with Gasteiger partial charge in [-0.2, -0.15) is 13.2 Å². The Morgan fingerprint density at radius 2 is 1.59 bits per heavy atom. The van der Waals surface area contributed by atoms with Crippen molar-refractivity contribution in [1.29, 1.82) is 0 Å². The van der Waals surface area contributed by atoms with Crippen molar-refractivity contribution in [1.82, 2.24) is 9.80 Å². The van der Waals surface area contributed by atoms with E-state index in [1.165, 1.54) is 17.0 Å². The van der Waals surface area contributed by atoms with Crippen molar-refractivity contribution in [3.05, 3.63) is 59.2 Å². The lowest BCUT2D eigenvalue weighted by Gasteiger charge is -2.40. The summed E-state index contributed by atoms with van der Waals surface area (Å²) in [7, 11) is 0. The minimum atomic E-state index is -4.36. The Morgan fingerprint density at radius 1 is 0.926 bits per heavy atom. The first-order chi connectivity index (χ1) is 12.8. The molecule has 2 aromatic carbocycles. The van der Waals surface area contributed by atoms with Crippen LogP contribution in [-0.4, -0.2) is 41.6 Å². The van der Waals surface area contributed by atoms with Crippen molar-refractivity contribution in [3.8, 4) is 11.1 Å². The van der Waals surface area contributed by atoms with Gasteiger partial charge in [-0.1, -0.05) is 24.3 Å². The number of amides is 2. The maximum atomic E-state index is 13.0. The van der Waals surface area contributed by atoms with Gasteiger partial charge in [0.05, 0.1) is 18.7 Å². The third-order valence-electron chi connectivity index (χ3n) is 5.14. The lowest BCUT2D eigenvalue weighted by Crippen LogP contribution is -2.56. The molecule has 4 rings (SSSR count). The number of rotatable bonds is 1. The Labute approximate surface area is 154 Å². The van der Waals surface area contributed by atoms with E-state index < -0.39 is 17.9 Å². The van der Waals surface area contributed by atoms with Gasteiger partial charge in [0.2, 0.25) is 0 Å². The Bertz CT molecular complexity index is 857. The number of carbonyl (C=O) groups excluding carboxylic acids is 1. The monoisotopic (exact) mass is 378 g/mol. The number of halogens is 4. The second-order valence-corrected chi connectivity index (χ2v) is 7.01. The van der Waals surface area contributed by atoms with Crippen LogP contribution < -0.4 is 0 Å². The number of hydrogen-bond acceptors (Lipinski definition) is 1. The van der Waals surface area contributed by atoms with Crippen LogP contribution in [0.1, 0.15) is 16.7 Å². The van der Waals surface area contributed by atoms with Crippen LogP contribution in [0.5, 0.6) is 0 Å². The average molecular weight is 378 g/mol. The summed E-state index contributed by atoms with van der Waals surface area (Å²) in [6.07, 6.45) is -4.58. The fraction of sp³-hybridized carbons (Fsp3) is 0.350. The molecule has 0 bridgehead atoms. The van der Waals surface area contributed by atoms with Crippen LogP contribution in [0.4, 0.5) is 22.4 Å². The van der Waals surface area contributed by atoms with E-state index in [4.69, 9.17) is 0 Å². The van der Waals surface area contributed by atoms with Crippen LogP contribution in [0, 0.1) is 0 Å². The highest BCUT2D eigenvalue weighted by Crippen LogP contribution is 2.32. The molecule has 0 aliphatic carbocycles. The van der Waals surface area contributed by atoms with Crippen molar-refractivity contribution in [3.63, 3.8) is 0 Å². The first-order valence-corrected chi connectivity index (χ1v) is 8.78. The number of carbonyl (C=O) groups is 1. The normalized spacial score (nSPS) is 17.5. The van der Waals surface area contributed by atoms with E-state index >= 15 is 0 Å². The molecule has 2 heterocycles. The van der Waals surface area contributed by atoms with E-state index in [1.807, 2.05) is 18.2 Å². The maximum Gasteiger partial charge on any atom is 0.416 e. The summed E-state index contributed by atoms with van der Waals surface area (Å²) < 4.78 is 51.2. The number of alkyl halides is 4. The second-order valence-electron chi connectivity index (χ2n) is 7.01. The molecule has 1 fully saturated rings. The highest BCUT2D eigenvalue weighted by Gasteiger charge is 2.34. The zero-order valence-electron chi connectivity index (χ0n) is 14.5. The zero-order valence-corrected chi connectivity index (χ0v) is 14.5. The van der Waals surface area contributed by atoms with E-state index in [-0.39, 0.29) is 19.1 Å². The molecule has 0 atom stereocenters. The van der Waals surface area contributed by atoms with Crippen molar-refractivity contribution in [2.75, 3.05) is 19.6 Å². The molecule has 7 heteroatoms. The standard InChI is InChI=1S/C20H18F4N2O/c21-18-11-26(12-18)19(27)25-8-7-14-1-2-15(9-16(14)10-25)13-3-5-17(6-4-13)20(22,23)24/h1-6,9,18H,7-8,10-12H2. The van der Waals surface area contributed by atoms with Gasteiger partial charge in [0.1, 0.15) is 6.17 Å². The molecule has 0 radical (unpaired) electrons. The second kappa shape index (κ2) is 6.55. The van der Waals surface area contributed by atoms with E-state index in [0.29, 0.717) is 25.1 Å². The molecule has 2 aliphatic rings. The number of benzene rings is 2. The summed E-state index contributed by atoms with van der Waals surface area (Å²) in [6.45, 7) is 1.30. The highest BCUT2D eigenvalue weighted by molar-refractivity contribution is 5.76. The molecular formula is C20H18F4N2O. The van der Waals surface area contributed by atoms with Crippen LogP contribution in [0.2, 0.25) is 0 Å². The van der Waals surface area contributed by atoms with Crippen molar-refractivity contribution in [2.24, 2.45) is 0 Å². The Morgan fingerprint density at radius 3 is 2.22 bits per heavy atom. The number of urea groups is 1. The molecule has 0 N–H and O–H groups in total. The average Bonchev–Trinajstić information content (AvgIpc) is 2.63. The summed E-state index contributed by atoms with van der Waals surface area (Å²) in [6, 6.07) is 10.7. The highest BCUT2D eigenvalue weighted by atomic mass is 19.4. The number of hydrogen-bond donors (Lipinski definition) is 0. The molecular weight excluding hydrogens is 360 g/mol. The summed E-state index contributed by atoms with van der Waals surface area (Å²) >= 11 is 0. The number of fused-ring (bicyclic) bond motifs is 1. The molecule has 0 aromatic heterocycles. The molecule has 0 spiro atoms. The van der Waals surface area contributed by atoms with Gasteiger partial charge in [-0.25, -0.2) is 9.18 Å². The zero-order chi connectivity index (χ0) is 19.2. The smallest absolute Gasteiger partial charge is 0.320 e. The van der Waals surface area contributed by atoms with Gasteiger partial charge in [0.15, 0.2) is 0 Å². The molecule has 142 valence electrons. The van der Waals surface area contributed by atoms with Crippen LogP contribution >= 0.6 is 0 Å². The lowest BCUT2D eigenvalue weighted by atomic mass is 9.94. The van der Waals surface area contributed by atoms with Crippen LogP contribution in [0.25, 0.3) is 11.1 Å². The Kier molecular flexibility index (Phi) is 4.32. The van der Waals surface area contributed by atoms with Gasteiger partial charge in [0.25, 0.3) is 0 Å². The first kappa shape index (κ1) is 17.8. The number of nitrogens with zero attached hydrogens (tertiary/aromatic N) is 2. The van der Waals surface area contributed by atoms with Crippen molar-refractivity contribution in [2.45, 2.75) is 25.3 Å². The SMILES string of the molecule is O=C(N1CCc2ccc(-c3ccc(C(F)(F)F)cc3)cc2C1)N1CC(F)C1. The third-order valence-corrected chi connectivity index (χ3v) is 5.14. The van der Waals surface area contributed by atoms with E-state index in [2.05, 4.69) is 0 Å². The summed E-state index contributed by atoms with van der Waals surface area (Å²) in [5.41, 5.74) is 2.93. The predicted octanol–water partition coefficient (Wildman–Crippen LogP) is 4.50. The molecule has 2 aliphatic heterocycles. The van der Waals surface area contributed by atoms with Gasteiger partial charge < -0.3 is 9.80 Å². The van der Waals surface area contributed by atoms with Crippen LogP contribution in [0.3, 0.4) is 0 Å². The molecule has 1 saturated heterocycles. The molecule has 27 heavy (non-hydrogen) atoms. The lowest BCUT2D eigenvalue weighted by molar-refractivity contribution is -0.137. The predicted molar refractivity (Wildman–Crippen MR) is 92.9 cm³/mol. The van der Waals surface area contributed by atoms with E-state index in [9.17, 15) is 22.4 Å². The summed E-state index contributed by atoms with van der Waals surface area (Å²) in [4.78, 5) is 15.6. The van der Waals surface area contributed by atoms with Gasteiger partial charge in [-0.3, -0.25) is 0 Å². The third kappa shape index (κ3) is 3.50. The molecule has 3 nitrogen and oxygen atoms in total. The van der Waals surface area contributed by atoms with Crippen LogP contribution in [-0.2, 0) is 19.1 Å². The van der Waals surface area contributed by atoms with Crippen molar-refractivity contribution < 1.29 is 22.4 Å². The summed E-state index contributed by atoms with van der Waals surface area (Å²) in [5, 5.41) is 0. The number of likely N-dealkylation sites (tertiary alicyclic amines) is 1. The quantitative estimate of drug-likeness (QED) is 0.670. The fourth-order valence-corrected chi connectivity index (χ4v) is 3.53. The first-order valence-electron chi connectivity index (χ1n) is 8.78. The van der Waals surface area contributed by atoms with E-state index in [1.54, 1.807) is 4.90 Å².